The molecule has 0 fully saturated rings. The summed E-state index contributed by atoms with van der Waals surface area (Å²) in [5.74, 6) is 1.83. The first-order chi connectivity index (χ1) is 28.4. The molecule has 0 amide bonds. The lowest BCUT2D eigenvalue weighted by Crippen LogP contribution is -2.74. The summed E-state index contributed by atoms with van der Waals surface area (Å²) >= 11 is 0. The number of aromatic nitrogens is 3. The first-order valence-electron chi connectivity index (χ1n) is 19.9. The zero-order valence-electron chi connectivity index (χ0n) is 32.6. The number of anilines is 3. The third-order valence-corrected chi connectivity index (χ3v) is 17.1. The summed E-state index contributed by atoms with van der Waals surface area (Å²) < 4.78 is 8.70. The first-order valence-corrected chi connectivity index (χ1v) is 21.9. The molecule has 0 spiro atoms. The van der Waals surface area contributed by atoms with Gasteiger partial charge in [-0.3, -0.25) is 4.90 Å². The summed E-state index contributed by atoms with van der Waals surface area (Å²) in [6.45, 7) is 4.72. The van der Waals surface area contributed by atoms with Crippen molar-refractivity contribution in [3.05, 3.63) is 199 Å². The van der Waals surface area contributed by atoms with Gasteiger partial charge in [-0.15, -0.1) is 0 Å². The molecule has 4 heterocycles. The molecule has 0 saturated carbocycles. The van der Waals surface area contributed by atoms with Crippen LogP contribution in [0.15, 0.2) is 193 Å². The molecule has 0 N–H and O–H groups in total. The number of aryl methyl sites for hydroxylation is 1. The van der Waals surface area contributed by atoms with Gasteiger partial charge in [-0.2, -0.15) is 0 Å². The molecular formula is C52H40N4OSi. The summed E-state index contributed by atoms with van der Waals surface area (Å²) in [5.41, 5.74) is 9.36. The van der Waals surface area contributed by atoms with Crippen molar-refractivity contribution in [2.75, 3.05) is 4.90 Å². The standard InChI is InChI=1S/C52H40N4OSi/c1-52(2)41-29-28-39(34-45(41)56(48-27-14-15-32-53-48)44-30-31-47-49(50(44)52)40-23-10-13-26-46(40)57-47)58(36-18-6-4-7-19-36,37-20-8-5-9-21-37)38-22-16-17-35(33-38)51-54-42-24-11-12-25-43(42)55(51)3/h4-34H,1-3H3. The SMILES string of the molecule is Cn1c(-c2cccc([Si](c3ccccc3)(c3ccccc3)c3ccc4c(c3)N(c3ccccn3)c3ccc5oc6ccccc6c5c3C4(C)C)c2)nc2ccccc21. The fourth-order valence-corrected chi connectivity index (χ4v) is 14.6. The Morgan fingerprint density at radius 1 is 0.569 bits per heavy atom. The van der Waals surface area contributed by atoms with Crippen molar-refractivity contribution < 1.29 is 4.42 Å². The van der Waals surface area contributed by atoms with E-state index in [1.54, 1.807) is 0 Å². The van der Waals surface area contributed by atoms with Crippen LogP contribution in [-0.2, 0) is 12.5 Å². The van der Waals surface area contributed by atoms with Gasteiger partial charge in [0.15, 0.2) is 8.07 Å². The molecule has 6 heteroatoms. The maximum atomic E-state index is 6.48. The van der Waals surface area contributed by atoms with Crippen molar-refractivity contribution in [1.82, 2.24) is 14.5 Å². The van der Waals surface area contributed by atoms with Gasteiger partial charge in [-0.25, -0.2) is 9.97 Å². The Morgan fingerprint density at radius 3 is 2.02 bits per heavy atom. The van der Waals surface area contributed by atoms with E-state index >= 15 is 0 Å². The average Bonchev–Trinajstić information content (AvgIpc) is 3.82. The van der Waals surface area contributed by atoms with E-state index in [4.69, 9.17) is 14.4 Å². The minimum Gasteiger partial charge on any atom is -0.456 e. The summed E-state index contributed by atoms with van der Waals surface area (Å²) in [6.07, 6.45) is 1.89. The van der Waals surface area contributed by atoms with Crippen molar-refractivity contribution >= 4 is 79.0 Å². The normalized spacial score (nSPS) is 13.5. The van der Waals surface area contributed by atoms with E-state index in [1.165, 1.54) is 31.9 Å². The van der Waals surface area contributed by atoms with Crippen molar-refractivity contribution in [2.45, 2.75) is 19.3 Å². The third-order valence-electron chi connectivity index (χ3n) is 12.4. The van der Waals surface area contributed by atoms with E-state index in [1.807, 2.05) is 18.3 Å². The van der Waals surface area contributed by atoms with Crippen molar-refractivity contribution in [1.29, 1.82) is 0 Å². The molecular weight excluding hydrogens is 725 g/mol. The summed E-state index contributed by atoms with van der Waals surface area (Å²) in [5, 5.41) is 7.50. The number of hydrogen-bond acceptors (Lipinski definition) is 4. The number of furan rings is 1. The van der Waals surface area contributed by atoms with Gasteiger partial charge < -0.3 is 8.98 Å². The number of pyridine rings is 1. The molecule has 0 saturated heterocycles. The van der Waals surface area contributed by atoms with E-state index in [0.29, 0.717) is 0 Å². The third kappa shape index (κ3) is 4.95. The molecule has 5 nitrogen and oxygen atoms in total. The van der Waals surface area contributed by atoms with Crippen LogP contribution in [0.5, 0.6) is 0 Å². The number of rotatable bonds is 6. The lowest BCUT2D eigenvalue weighted by atomic mass is 9.72. The van der Waals surface area contributed by atoms with Crippen LogP contribution in [0.3, 0.4) is 0 Å². The first kappa shape index (κ1) is 34.2. The van der Waals surface area contributed by atoms with Crippen LogP contribution in [0.25, 0.3) is 44.4 Å². The fraction of sp³-hybridized carbons (Fsp3) is 0.0769. The van der Waals surface area contributed by atoms with Crippen LogP contribution in [0.2, 0.25) is 0 Å². The lowest BCUT2D eigenvalue weighted by Gasteiger charge is -2.43. The lowest BCUT2D eigenvalue weighted by molar-refractivity contribution is 0.634. The molecule has 1 aliphatic heterocycles. The topological polar surface area (TPSA) is 47.1 Å². The molecule has 10 aromatic rings. The van der Waals surface area contributed by atoms with Gasteiger partial charge >= 0.3 is 0 Å². The van der Waals surface area contributed by atoms with Gasteiger partial charge in [0.2, 0.25) is 0 Å². The predicted octanol–water partition coefficient (Wildman–Crippen LogP) is 10.0. The number of benzene rings is 7. The highest BCUT2D eigenvalue weighted by Gasteiger charge is 2.45. The minimum absolute atomic E-state index is 0.371. The molecule has 0 aliphatic carbocycles. The van der Waals surface area contributed by atoms with Crippen LogP contribution in [0, 0.1) is 0 Å². The molecule has 0 radical (unpaired) electrons. The monoisotopic (exact) mass is 764 g/mol. The van der Waals surface area contributed by atoms with Crippen LogP contribution >= 0.6 is 0 Å². The Labute approximate surface area is 338 Å². The maximum absolute atomic E-state index is 6.48. The Balaban J connectivity index is 1.21. The zero-order chi connectivity index (χ0) is 39.0. The van der Waals surface area contributed by atoms with Crippen molar-refractivity contribution in [2.24, 2.45) is 7.05 Å². The molecule has 278 valence electrons. The van der Waals surface area contributed by atoms with Crippen LogP contribution in [0.4, 0.5) is 17.2 Å². The molecule has 7 aromatic carbocycles. The van der Waals surface area contributed by atoms with Gasteiger partial charge in [0.25, 0.3) is 0 Å². The summed E-state index contributed by atoms with van der Waals surface area (Å²) in [7, 11) is -0.900. The second-order valence-electron chi connectivity index (χ2n) is 15.9. The van der Waals surface area contributed by atoms with Crippen LogP contribution in [0.1, 0.15) is 25.0 Å². The number of para-hydroxylation sites is 3. The number of imidazole rings is 1. The second-order valence-corrected chi connectivity index (χ2v) is 19.7. The van der Waals surface area contributed by atoms with Crippen molar-refractivity contribution in [3.8, 4) is 11.4 Å². The Kier molecular flexibility index (Phi) is 7.68. The number of hydrogen-bond donors (Lipinski definition) is 0. The highest BCUT2D eigenvalue weighted by Crippen LogP contribution is 2.54. The van der Waals surface area contributed by atoms with Gasteiger partial charge in [0, 0.05) is 35.0 Å². The van der Waals surface area contributed by atoms with Crippen LogP contribution in [-0.4, -0.2) is 22.6 Å². The predicted molar refractivity (Wildman–Crippen MR) is 242 cm³/mol. The minimum atomic E-state index is -3.02. The van der Waals surface area contributed by atoms with Gasteiger partial charge in [0.1, 0.15) is 22.8 Å². The van der Waals surface area contributed by atoms with E-state index in [-0.39, 0.29) is 5.41 Å². The smallest absolute Gasteiger partial charge is 0.179 e. The van der Waals surface area contributed by atoms with Gasteiger partial charge in [-0.1, -0.05) is 147 Å². The Hall–Kier alpha value is -7.02. The quantitative estimate of drug-likeness (QED) is 0.125. The van der Waals surface area contributed by atoms with E-state index in [9.17, 15) is 0 Å². The summed E-state index contributed by atoms with van der Waals surface area (Å²) in [4.78, 5) is 12.6. The van der Waals surface area contributed by atoms with Gasteiger partial charge in [-0.05, 0) is 80.4 Å². The Morgan fingerprint density at radius 2 is 1.26 bits per heavy atom. The summed E-state index contributed by atoms with van der Waals surface area (Å²) in [6, 6.07) is 66.1. The van der Waals surface area contributed by atoms with Crippen LogP contribution < -0.4 is 25.6 Å². The second kappa shape index (κ2) is 13.0. The highest BCUT2D eigenvalue weighted by molar-refractivity contribution is 7.20. The molecule has 0 bridgehead atoms. The Bertz CT molecular complexity index is 3130. The molecule has 1 aliphatic rings. The molecule has 3 aromatic heterocycles. The van der Waals surface area contributed by atoms with E-state index in [0.717, 1.165) is 61.6 Å². The molecule has 11 rings (SSSR count). The average molecular weight is 765 g/mol. The molecule has 58 heavy (non-hydrogen) atoms. The van der Waals surface area contributed by atoms with E-state index in [2.05, 4.69) is 200 Å². The van der Waals surface area contributed by atoms with E-state index < -0.39 is 8.07 Å². The highest BCUT2D eigenvalue weighted by atomic mass is 28.3. The molecule has 0 unspecified atom stereocenters. The molecule has 0 atom stereocenters. The zero-order valence-corrected chi connectivity index (χ0v) is 33.6. The largest absolute Gasteiger partial charge is 0.456 e. The fourth-order valence-electron chi connectivity index (χ4n) is 9.77. The van der Waals surface area contributed by atoms with Gasteiger partial charge in [0.05, 0.1) is 22.4 Å². The number of fused-ring (bicyclic) bond motifs is 7. The number of nitrogens with zero attached hydrogens (tertiary/aromatic N) is 4. The van der Waals surface area contributed by atoms with Crippen molar-refractivity contribution in [3.63, 3.8) is 0 Å². The maximum Gasteiger partial charge on any atom is 0.179 e.